The molecule has 1 amide bonds. The summed E-state index contributed by atoms with van der Waals surface area (Å²) in [6.07, 6.45) is 4.51. The van der Waals surface area contributed by atoms with Gasteiger partial charge in [-0.2, -0.15) is 0 Å². The van der Waals surface area contributed by atoms with Crippen LogP contribution < -0.4 is 5.32 Å². The first kappa shape index (κ1) is 21.8. The van der Waals surface area contributed by atoms with E-state index >= 15 is 0 Å². The van der Waals surface area contributed by atoms with Gasteiger partial charge in [-0.15, -0.1) is 10.2 Å². The minimum atomic E-state index is -0.0980. The Kier molecular flexibility index (Phi) is 6.51. The fourth-order valence-electron chi connectivity index (χ4n) is 4.62. The average Bonchev–Trinajstić information content (AvgIpc) is 3.09. The largest absolute Gasteiger partial charge is 0.379 e. The van der Waals surface area contributed by atoms with E-state index in [1.54, 1.807) is 0 Å². The van der Waals surface area contributed by atoms with Gasteiger partial charge < -0.3 is 14.6 Å². The Balaban J connectivity index is 1.34. The number of hydrogen-bond donors (Lipinski definition) is 1. The first-order valence-electron chi connectivity index (χ1n) is 11.9. The van der Waals surface area contributed by atoms with Crippen molar-refractivity contribution in [2.45, 2.75) is 45.7 Å². The number of carbonyl (C=O) groups is 1. The van der Waals surface area contributed by atoms with Gasteiger partial charge in [0.2, 0.25) is 0 Å². The van der Waals surface area contributed by atoms with Crippen LogP contribution in [0.15, 0.2) is 42.5 Å². The molecule has 0 unspecified atom stereocenters. The van der Waals surface area contributed by atoms with Crippen molar-refractivity contribution in [3.05, 3.63) is 65.0 Å². The Labute approximate surface area is 194 Å². The van der Waals surface area contributed by atoms with Gasteiger partial charge in [0.1, 0.15) is 5.82 Å². The van der Waals surface area contributed by atoms with Crippen molar-refractivity contribution in [2.24, 2.45) is 0 Å². The molecule has 2 aliphatic rings. The van der Waals surface area contributed by atoms with Crippen LogP contribution in [0.4, 0.5) is 5.69 Å². The van der Waals surface area contributed by atoms with Gasteiger partial charge in [-0.1, -0.05) is 30.7 Å². The second-order valence-electron chi connectivity index (χ2n) is 8.97. The summed E-state index contributed by atoms with van der Waals surface area (Å²) in [6.45, 7) is 7.18. The average molecular weight is 446 g/mol. The third-order valence-corrected chi connectivity index (χ3v) is 6.55. The highest BCUT2D eigenvalue weighted by molar-refractivity contribution is 6.05. The van der Waals surface area contributed by atoms with Gasteiger partial charge in [0.25, 0.3) is 5.91 Å². The number of aromatic nitrogens is 3. The molecule has 172 valence electrons. The SMILES string of the molecule is Cc1ccc(-c2nnc3n2CCCCC3)cc1NC(=O)c1cccc(CN2CCOCC2)c1. The third-order valence-electron chi connectivity index (χ3n) is 6.55. The molecule has 0 atom stereocenters. The van der Waals surface area contributed by atoms with E-state index < -0.39 is 0 Å². The van der Waals surface area contributed by atoms with E-state index in [0.717, 1.165) is 92.7 Å². The molecule has 0 saturated carbocycles. The summed E-state index contributed by atoms with van der Waals surface area (Å²) in [5, 5.41) is 12.0. The fraction of sp³-hybridized carbons (Fsp3) is 0.423. The normalized spacial score (nSPS) is 16.8. The van der Waals surface area contributed by atoms with Crippen LogP contribution in [-0.2, 0) is 24.2 Å². The molecule has 0 spiro atoms. The minimum Gasteiger partial charge on any atom is -0.379 e. The highest BCUT2D eigenvalue weighted by Crippen LogP contribution is 2.27. The summed E-state index contributed by atoms with van der Waals surface area (Å²) in [7, 11) is 0. The van der Waals surface area contributed by atoms with Gasteiger partial charge in [-0.05, 0) is 49.1 Å². The van der Waals surface area contributed by atoms with Crippen LogP contribution in [0.1, 0.15) is 46.6 Å². The van der Waals surface area contributed by atoms with Gasteiger partial charge in [0, 0.05) is 49.4 Å². The molecular formula is C26H31N5O2. The highest BCUT2D eigenvalue weighted by atomic mass is 16.5. The number of aryl methyl sites for hydroxylation is 2. The van der Waals surface area contributed by atoms with Gasteiger partial charge in [0.05, 0.1) is 13.2 Å². The molecule has 3 aromatic rings. The molecule has 0 radical (unpaired) electrons. The molecule has 3 heterocycles. The topological polar surface area (TPSA) is 72.3 Å². The van der Waals surface area contributed by atoms with Crippen LogP contribution in [0.5, 0.6) is 0 Å². The zero-order valence-corrected chi connectivity index (χ0v) is 19.2. The maximum atomic E-state index is 13.1. The standard InChI is InChI=1S/C26H31N5O2/c1-19-9-10-21(25-29-28-24-8-3-2-4-11-31(24)25)17-23(19)27-26(32)22-7-5-6-20(16-22)18-30-12-14-33-15-13-30/h5-7,9-10,16-17H,2-4,8,11-15,18H2,1H3,(H,27,32). The Morgan fingerprint density at radius 2 is 1.91 bits per heavy atom. The van der Waals surface area contributed by atoms with Crippen LogP contribution in [-0.4, -0.2) is 51.9 Å². The zero-order valence-electron chi connectivity index (χ0n) is 19.2. The highest BCUT2D eigenvalue weighted by Gasteiger charge is 2.18. The second-order valence-corrected chi connectivity index (χ2v) is 8.97. The van der Waals surface area contributed by atoms with Crippen LogP contribution >= 0.6 is 0 Å². The van der Waals surface area contributed by atoms with Crippen molar-refractivity contribution in [3.63, 3.8) is 0 Å². The van der Waals surface area contributed by atoms with Crippen molar-refractivity contribution in [2.75, 3.05) is 31.6 Å². The van der Waals surface area contributed by atoms with Crippen molar-refractivity contribution >= 4 is 11.6 Å². The molecule has 7 heteroatoms. The zero-order chi connectivity index (χ0) is 22.6. The monoisotopic (exact) mass is 445 g/mol. The number of rotatable bonds is 5. The van der Waals surface area contributed by atoms with Crippen LogP contribution in [0.25, 0.3) is 11.4 Å². The molecular weight excluding hydrogens is 414 g/mol. The molecule has 0 aliphatic carbocycles. The van der Waals surface area contributed by atoms with Crippen molar-refractivity contribution in [3.8, 4) is 11.4 Å². The van der Waals surface area contributed by atoms with E-state index in [9.17, 15) is 4.79 Å². The quantitative estimate of drug-likeness (QED) is 0.641. The predicted octanol–water partition coefficient (Wildman–Crippen LogP) is 4.06. The predicted molar refractivity (Wildman–Crippen MR) is 128 cm³/mol. The maximum absolute atomic E-state index is 13.1. The molecule has 5 rings (SSSR count). The summed E-state index contributed by atoms with van der Waals surface area (Å²) in [4.78, 5) is 15.5. The third kappa shape index (κ3) is 4.99. The number of morpholine rings is 1. The molecule has 1 aromatic heterocycles. The molecule has 7 nitrogen and oxygen atoms in total. The first-order chi connectivity index (χ1) is 16.2. The number of fused-ring (bicyclic) bond motifs is 1. The van der Waals surface area contributed by atoms with E-state index in [1.807, 2.05) is 37.3 Å². The number of amides is 1. The number of hydrogen-bond acceptors (Lipinski definition) is 5. The summed E-state index contributed by atoms with van der Waals surface area (Å²) < 4.78 is 7.67. The number of ether oxygens (including phenoxy) is 1. The second kappa shape index (κ2) is 9.85. The van der Waals surface area contributed by atoms with Gasteiger partial charge in [0.15, 0.2) is 5.82 Å². The molecule has 1 fully saturated rings. The van der Waals surface area contributed by atoms with E-state index in [1.165, 1.54) is 6.42 Å². The number of nitrogens with zero attached hydrogens (tertiary/aromatic N) is 4. The van der Waals surface area contributed by atoms with Gasteiger partial charge in [-0.25, -0.2) is 0 Å². The summed E-state index contributed by atoms with van der Waals surface area (Å²) in [5.41, 5.74) is 4.62. The minimum absolute atomic E-state index is 0.0980. The van der Waals surface area contributed by atoms with Gasteiger partial charge >= 0.3 is 0 Å². The number of nitrogens with one attached hydrogen (secondary N) is 1. The molecule has 0 bridgehead atoms. The lowest BCUT2D eigenvalue weighted by Crippen LogP contribution is -2.35. The maximum Gasteiger partial charge on any atom is 0.255 e. The fourth-order valence-corrected chi connectivity index (χ4v) is 4.62. The van der Waals surface area contributed by atoms with Crippen molar-refractivity contribution in [1.82, 2.24) is 19.7 Å². The van der Waals surface area contributed by atoms with E-state index in [2.05, 4.69) is 37.1 Å². The van der Waals surface area contributed by atoms with Gasteiger partial charge in [-0.3, -0.25) is 9.69 Å². The Morgan fingerprint density at radius 1 is 1.03 bits per heavy atom. The van der Waals surface area contributed by atoms with Crippen LogP contribution in [0.3, 0.4) is 0 Å². The summed E-state index contributed by atoms with van der Waals surface area (Å²) in [5.74, 6) is 1.85. The lowest BCUT2D eigenvalue weighted by Gasteiger charge is -2.26. The smallest absolute Gasteiger partial charge is 0.255 e. The van der Waals surface area contributed by atoms with Crippen molar-refractivity contribution in [1.29, 1.82) is 0 Å². The first-order valence-corrected chi connectivity index (χ1v) is 11.9. The number of anilines is 1. The van der Waals surface area contributed by atoms with E-state index in [0.29, 0.717) is 5.56 Å². The molecule has 33 heavy (non-hydrogen) atoms. The molecule has 1 saturated heterocycles. The lowest BCUT2D eigenvalue weighted by molar-refractivity contribution is 0.0342. The number of carbonyl (C=O) groups excluding carboxylic acids is 1. The Morgan fingerprint density at radius 3 is 2.79 bits per heavy atom. The summed E-state index contributed by atoms with van der Waals surface area (Å²) in [6, 6.07) is 14.0. The van der Waals surface area contributed by atoms with Crippen LogP contribution in [0.2, 0.25) is 0 Å². The van der Waals surface area contributed by atoms with E-state index in [4.69, 9.17) is 4.74 Å². The van der Waals surface area contributed by atoms with E-state index in [-0.39, 0.29) is 5.91 Å². The van der Waals surface area contributed by atoms with Crippen molar-refractivity contribution < 1.29 is 9.53 Å². The van der Waals surface area contributed by atoms with Crippen LogP contribution in [0, 0.1) is 6.92 Å². The molecule has 2 aliphatic heterocycles. The Hall–Kier alpha value is -3.03. The lowest BCUT2D eigenvalue weighted by atomic mass is 10.1. The Bertz CT molecular complexity index is 1130. The number of benzene rings is 2. The molecule has 1 N–H and O–H groups in total. The summed E-state index contributed by atoms with van der Waals surface area (Å²) >= 11 is 0. The molecule has 2 aromatic carbocycles.